The number of aromatic hydroxyl groups is 1. The van der Waals surface area contributed by atoms with Gasteiger partial charge in [0.05, 0.1) is 0 Å². The Morgan fingerprint density at radius 2 is 2.20 bits per heavy atom. The molecule has 112 valence electrons. The number of rotatable bonds is 4. The molecule has 1 fully saturated rings. The van der Waals surface area contributed by atoms with Gasteiger partial charge < -0.3 is 10.4 Å². The topological polar surface area (TPSA) is 32.3 Å². The molecular formula is C17H26BrNO. The van der Waals surface area contributed by atoms with Crippen molar-refractivity contribution < 1.29 is 5.11 Å². The van der Waals surface area contributed by atoms with Gasteiger partial charge in [0, 0.05) is 22.1 Å². The van der Waals surface area contributed by atoms with Gasteiger partial charge in [0.25, 0.3) is 0 Å². The molecule has 3 heteroatoms. The van der Waals surface area contributed by atoms with Crippen LogP contribution in [0, 0.1) is 5.41 Å². The third-order valence-electron chi connectivity index (χ3n) is 4.42. The van der Waals surface area contributed by atoms with Crippen molar-refractivity contribution in [1.29, 1.82) is 0 Å². The SMILES string of the molecule is CCC(NC1CCCC(C)(C)C1)c1cc(Br)ccc1O. The lowest BCUT2D eigenvalue weighted by Crippen LogP contribution is -2.39. The van der Waals surface area contributed by atoms with E-state index in [0.717, 1.165) is 16.5 Å². The van der Waals surface area contributed by atoms with Crippen molar-refractivity contribution in [1.82, 2.24) is 5.32 Å². The largest absolute Gasteiger partial charge is 0.508 e. The smallest absolute Gasteiger partial charge is 0.120 e. The van der Waals surface area contributed by atoms with E-state index in [1.807, 2.05) is 12.1 Å². The van der Waals surface area contributed by atoms with E-state index in [9.17, 15) is 5.11 Å². The first-order chi connectivity index (χ1) is 9.41. The molecule has 2 unspecified atom stereocenters. The Balaban J connectivity index is 2.10. The van der Waals surface area contributed by atoms with Crippen molar-refractivity contribution in [2.75, 3.05) is 0 Å². The minimum Gasteiger partial charge on any atom is -0.508 e. The molecule has 1 aromatic carbocycles. The summed E-state index contributed by atoms with van der Waals surface area (Å²) in [6.45, 7) is 6.89. The number of halogens is 1. The summed E-state index contributed by atoms with van der Waals surface area (Å²) in [4.78, 5) is 0. The third kappa shape index (κ3) is 3.98. The zero-order chi connectivity index (χ0) is 14.8. The summed E-state index contributed by atoms with van der Waals surface area (Å²) >= 11 is 3.50. The van der Waals surface area contributed by atoms with Crippen LogP contribution in [-0.2, 0) is 0 Å². The molecule has 0 aliphatic heterocycles. The zero-order valence-corrected chi connectivity index (χ0v) is 14.3. The number of nitrogens with one attached hydrogen (secondary N) is 1. The lowest BCUT2D eigenvalue weighted by atomic mass is 9.75. The maximum Gasteiger partial charge on any atom is 0.120 e. The fourth-order valence-corrected chi connectivity index (χ4v) is 3.74. The van der Waals surface area contributed by atoms with Gasteiger partial charge in [0.15, 0.2) is 0 Å². The first-order valence-electron chi connectivity index (χ1n) is 7.66. The van der Waals surface area contributed by atoms with Gasteiger partial charge in [-0.3, -0.25) is 0 Å². The van der Waals surface area contributed by atoms with E-state index in [4.69, 9.17) is 0 Å². The van der Waals surface area contributed by atoms with Crippen molar-refractivity contribution in [2.24, 2.45) is 5.41 Å². The summed E-state index contributed by atoms with van der Waals surface area (Å²) in [5.74, 6) is 0.391. The maximum absolute atomic E-state index is 10.1. The minimum atomic E-state index is 0.228. The average molecular weight is 340 g/mol. The van der Waals surface area contributed by atoms with Crippen LogP contribution in [0.3, 0.4) is 0 Å². The molecule has 20 heavy (non-hydrogen) atoms. The van der Waals surface area contributed by atoms with Crippen LogP contribution in [0.2, 0.25) is 0 Å². The van der Waals surface area contributed by atoms with Gasteiger partial charge in [-0.2, -0.15) is 0 Å². The lowest BCUT2D eigenvalue weighted by molar-refractivity contribution is 0.187. The van der Waals surface area contributed by atoms with Crippen LogP contribution in [0.5, 0.6) is 5.75 Å². The second kappa shape index (κ2) is 6.48. The molecule has 0 radical (unpaired) electrons. The highest BCUT2D eigenvalue weighted by atomic mass is 79.9. The Bertz CT molecular complexity index is 458. The highest BCUT2D eigenvalue weighted by Crippen LogP contribution is 2.37. The van der Waals surface area contributed by atoms with Crippen LogP contribution in [0.1, 0.15) is 64.5 Å². The van der Waals surface area contributed by atoms with Gasteiger partial charge in [-0.15, -0.1) is 0 Å². The van der Waals surface area contributed by atoms with Gasteiger partial charge in [-0.05, 0) is 49.3 Å². The molecule has 0 amide bonds. The summed E-state index contributed by atoms with van der Waals surface area (Å²) in [7, 11) is 0. The Labute approximate surface area is 131 Å². The van der Waals surface area contributed by atoms with E-state index in [1.165, 1.54) is 25.7 Å². The second-order valence-electron chi connectivity index (χ2n) is 6.79. The molecule has 1 aromatic rings. The second-order valence-corrected chi connectivity index (χ2v) is 7.70. The van der Waals surface area contributed by atoms with Crippen LogP contribution in [-0.4, -0.2) is 11.1 Å². The van der Waals surface area contributed by atoms with E-state index >= 15 is 0 Å². The molecule has 0 spiro atoms. The van der Waals surface area contributed by atoms with E-state index < -0.39 is 0 Å². The Kier molecular flexibility index (Phi) is 5.14. The Morgan fingerprint density at radius 3 is 2.85 bits per heavy atom. The number of hydrogen-bond donors (Lipinski definition) is 2. The molecule has 0 heterocycles. The fourth-order valence-electron chi connectivity index (χ4n) is 3.36. The summed E-state index contributed by atoms with van der Waals surface area (Å²) in [6, 6.07) is 6.47. The molecular weight excluding hydrogens is 314 g/mol. The van der Waals surface area contributed by atoms with E-state index in [1.54, 1.807) is 6.07 Å². The van der Waals surface area contributed by atoms with Crippen LogP contribution < -0.4 is 5.32 Å². The quantitative estimate of drug-likeness (QED) is 0.793. The van der Waals surface area contributed by atoms with Gasteiger partial charge >= 0.3 is 0 Å². The van der Waals surface area contributed by atoms with Crippen molar-refractivity contribution >= 4 is 15.9 Å². The van der Waals surface area contributed by atoms with Crippen LogP contribution in [0.4, 0.5) is 0 Å². The van der Waals surface area contributed by atoms with Crippen molar-refractivity contribution in [3.63, 3.8) is 0 Å². The number of phenolic OH excluding ortho intramolecular Hbond substituents is 1. The average Bonchev–Trinajstić information content (AvgIpc) is 2.38. The summed E-state index contributed by atoms with van der Waals surface area (Å²) in [6.07, 6.45) is 6.07. The molecule has 2 nitrogen and oxygen atoms in total. The summed E-state index contributed by atoms with van der Waals surface area (Å²) < 4.78 is 1.02. The third-order valence-corrected chi connectivity index (χ3v) is 4.91. The number of hydrogen-bond acceptors (Lipinski definition) is 2. The monoisotopic (exact) mass is 339 g/mol. The van der Waals surface area contributed by atoms with E-state index in [2.05, 4.69) is 42.0 Å². The Morgan fingerprint density at radius 1 is 1.45 bits per heavy atom. The van der Waals surface area contributed by atoms with Crippen molar-refractivity contribution in [3.8, 4) is 5.75 Å². The van der Waals surface area contributed by atoms with Crippen molar-refractivity contribution in [3.05, 3.63) is 28.2 Å². The fraction of sp³-hybridized carbons (Fsp3) is 0.647. The lowest BCUT2D eigenvalue weighted by Gasteiger charge is -2.37. The normalized spacial score (nSPS) is 23.5. The first-order valence-corrected chi connectivity index (χ1v) is 8.45. The van der Waals surface area contributed by atoms with Gasteiger partial charge in [0.2, 0.25) is 0 Å². The van der Waals surface area contributed by atoms with Gasteiger partial charge in [-0.1, -0.05) is 43.1 Å². The predicted molar refractivity (Wildman–Crippen MR) is 88.0 cm³/mol. The highest BCUT2D eigenvalue weighted by molar-refractivity contribution is 9.10. The maximum atomic E-state index is 10.1. The molecule has 2 rings (SSSR count). The molecule has 1 aliphatic rings. The molecule has 0 aromatic heterocycles. The standard InChI is InChI=1S/C17H26BrNO/c1-4-15(14-10-12(18)7-8-16(14)20)19-13-6-5-9-17(2,3)11-13/h7-8,10,13,15,19-20H,4-6,9,11H2,1-3H3. The van der Waals surface area contributed by atoms with Crippen LogP contribution >= 0.6 is 15.9 Å². The van der Waals surface area contributed by atoms with Crippen LogP contribution in [0.15, 0.2) is 22.7 Å². The van der Waals surface area contributed by atoms with Crippen LogP contribution in [0.25, 0.3) is 0 Å². The van der Waals surface area contributed by atoms with Gasteiger partial charge in [-0.25, -0.2) is 0 Å². The van der Waals surface area contributed by atoms with Crippen molar-refractivity contribution in [2.45, 2.75) is 65.0 Å². The molecule has 1 aliphatic carbocycles. The number of benzene rings is 1. The highest BCUT2D eigenvalue weighted by Gasteiger charge is 2.29. The number of phenols is 1. The predicted octanol–water partition coefficient (Wildman–Crippen LogP) is 5.16. The van der Waals surface area contributed by atoms with E-state index in [-0.39, 0.29) is 6.04 Å². The molecule has 2 atom stereocenters. The summed E-state index contributed by atoms with van der Waals surface area (Å²) in [5.41, 5.74) is 1.44. The molecule has 1 saturated carbocycles. The molecule has 0 bridgehead atoms. The molecule has 0 saturated heterocycles. The first kappa shape index (κ1) is 15.8. The zero-order valence-electron chi connectivity index (χ0n) is 12.7. The van der Waals surface area contributed by atoms with Gasteiger partial charge in [0.1, 0.15) is 5.75 Å². The minimum absolute atomic E-state index is 0.228. The summed E-state index contributed by atoms with van der Waals surface area (Å²) in [5, 5.41) is 13.9. The van der Waals surface area contributed by atoms with E-state index in [0.29, 0.717) is 17.2 Å². The molecule has 2 N–H and O–H groups in total. The Hall–Kier alpha value is -0.540.